The van der Waals surface area contributed by atoms with Crippen molar-refractivity contribution in [3.63, 3.8) is 0 Å². The van der Waals surface area contributed by atoms with Gasteiger partial charge >= 0.3 is 0 Å². The van der Waals surface area contributed by atoms with E-state index >= 15 is 0 Å². The van der Waals surface area contributed by atoms with Gasteiger partial charge in [0.15, 0.2) is 0 Å². The topological polar surface area (TPSA) is 92.5 Å². The molecule has 0 unspecified atom stereocenters. The Morgan fingerprint density at radius 1 is 1.38 bits per heavy atom. The number of nitrogens with zero attached hydrogens (tertiary/aromatic N) is 1. The number of piperidine rings is 1. The summed E-state index contributed by atoms with van der Waals surface area (Å²) < 4.78 is 22.3. The van der Waals surface area contributed by atoms with Gasteiger partial charge in [0.1, 0.15) is 0 Å². The number of amides is 1. The van der Waals surface area contributed by atoms with Crippen LogP contribution < -0.4 is 10.5 Å². The summed E-state index contributed by atoms with van der Waals surface area (Å²) >= 11 is 0. The van der Waals surface area contributed by atoms with Gasteiger partial charge in [-0.25, -0.2) is 13.6 Å². The summed E-state index contributed by atoms with van der Waals surface area (Å²) in [4.78, 5) is 14.1. The van der Waals surface area contributed by atoms with Crippen molar-refractivity contribution < 1.29 is 13.2 Å². The van der Waals surface area contributed by atoms with Crippen LogP contribution in [-0.4, -0.2) is 38.9 Å². The molecule has 1 heterocycles. The normalized spacial score (nSPS) is 20.2. The van der Waals surface area contributed by atoms with Crippen LogP contribution >= 0.6 is 0 Å². The van der Waals surface area contributed by atoms with Gasteiger partial charge in [-0.3, -0.25) is 9.69 Å². The Balaban J connectivity index is 1.90. The van der Waals surface area contributed by atoms with Crippen LogP contribution in [0.5, 0.6) is 0 Å². The molecule has 1 fully saturated rings. The van der Waals surface area contributed by atoms with E-state index < -0.39 is 10.0 Å². The molecule has 2 rings (SSSR count). The fourth-order valence-electron chi connectivity index (χ4n) is 2.56. The first-order valence-electron chi connectivity index (χ1n) is 6.99. The van der Waals surface area contributed by atoms with Crippen molar-refractivity contribution in [2.24, 2.45) is 11.1 Å². The summed E-state index contributed by atoms with van der Waals surface area (Å²) in [6, 6.07) is 5.84. The number of hydrogen-bond donors (Lipinski definition) is 2. The molecular weight excluding hydrogens is 290 g/mol. The molecule has 1 aromatic rings. The zero-order valence-electron chi connectivity index (χ0n) is 12.1. The number of carbonyl (C=O) groups is 1. The molecule has 1 amide bonds. The Labute approximate surface area is 125 Å². The van der Waals surface area contributed by atoms with Gasteiger partial charge in [-0.05, 0) is 49.6 Å². The first-order valence-corrected chi connectivity index (χ1v) is 8.54. The second kappa shape index (κ2) is 6.55. The molecular formula is C14H21N3O3S. The molecule has 1 aliphatic rings. The first-order chi connectivity index (χ1) is 9.84. The number of benzene rings is 1. The Kier molecular flexibility index (Phi) is 4.97. The third-order valence-corrected chi connectivity index (χ3v) is 4.50. The highest BCUT2D eigenvalue weighted by Crippen LogP contribution is 2.16. The minimum absolute atomic E-state index is 0.0327. The van der Waals surface area contributed by atoms with Gasteiger partial charge in [0.25, 0.3) is 0 Å². The number of hydrogen-bond acceptors (Lipinski definition) is 4. The van der Waals surface area contributed by atoms with Crippen LogP contribution in [0, 0.1) is 5.92 Å². The molecule has 0 spiro atoms. The molecule has 1 saturated heterocycles. The molecule has 0 aromatic heterocycles. The van der Waals surface area contributed by atoms with Crippen LogP contribution in [0.15, 0.2) is 29.2 Å². The van der Waals surface area contributed by atoms with Crippen LogP contribution in [0.4, 0.5) is 5.69 Å². The molecule has 21 heavy (non-hydrogen) atoms. The van der Waals surface area contributed by atoms with Crippen molar-refractivity contribution in [2.45, 2.75) is 24.7 Å². The Morgan fingerprint density at radius 2 is 2.05 bits per heavy atom. The maximum Gasteiger partial charge on any atom is 0.238 e. The first kappa shape index (κ1) is 15.9. The minimum atomic E-state index is -3.70. The Bertz CT molecular complexity index is 598. The van der Waals surface area contributed by atoms with Crippen molar-refractivity contribution in [1.82, 2.24) is 4.90 Å². The molecule has 0 bridgehead atoms. The molecule has 0 saturated carbocycles. The SMILES string of the molecule is C[C@@H]1CCCN(CC(=O)Nc2ccc(S(N)(=O)=O)cc2)C1. The molecule has 3 N–H and O–H groups in total. The van der Waals surface area contributed by atoms with E-state index in [9.17, 15) is 13.2 Å². The summed E-state index contributed by atoms with van der Waals surface area (Å²) in [5, 5.41) is 7.79. The lowest BCUT2D eigenvalue weighted by Crippen LogP contribution is -2.39. The lowest BCUT2D eigenvalue weighted by atomic mass is 10.0. The van der Waals surface area contributed by atoms with E-state index in [2.05, 4.69) is 17.1 Å². The Morgan fingerprint density at radius 3 is 2.62 bits per heavy atom. The zero-order valence-corrected chi connectivity index (χ0v) is 12.9. The van der Waals surface area contributed by atoms with Crippen molar-refractivity contribution in [2.75, 3.05) is 25.0 Å². The molecule has 1 atom stereocenters. The number of primary sulfonamides is 1. The standard InChI is InChI=1S/C14H21N3O3S/c1-11-3-2-8-17(9-11)10-14(18)16-12-4-6-13(7-5-12)21(15,19)20/h4-7,11H,2-3,8-10H2,1H3,(H,16,18)(H2,15,19,20)/t11-/m1/s1. The number of rotatable bonds is 4. The molecule has 7 heteroatoms. The highest BCUT2D eigenvalue weighted by atomic mass is 32.2. The van der Waals surface area contributed by atoms with Crippen LogP contribution in [0.3, 0.4) is 0 Å². The predicted molar refractivity (Wildman–Crippen MR) is 81.3 cm³/mol. The molecule has 0 radical (unpaired) electrons. The van der Waals surface area contributed by atoms with Crippen LogP contribution in [-0.2, 0) is 14.8 Å². The van der Waals surface area contributed by atoms with Gasteiger partial charge in [-0.2, -0.15) is 0 Å². The van der Waals surface area contributed by atoms with Crippen molar-refractivity contribution in [1.29, 1.82) is 0 Å². The van der Waals surface area contributed by atoms with Crippen molar-refractivity contribution in [3.05, 3.63) is 24.3 Å². The molecule has 6 nitrogen and oxygen atoms in total. The largest absolute Gasteiger partial charge is 0.325 e. The van der Waals surface area contributed by atoms with Crippen molar-refractivity contribution in [3.8, 4) is 0 Å². The maximum absolute atomic E-state index is 12.0. The van der Waals surface area contributed by atoms with E-state index in [1.54, 1.807) is 0 Å². The van der Waals surface area contributed by atoms with E-state index in [1.807, 2.05) is 0 Å². The summed E-state index contributed by atoms with van der Waals surface area (Å²) in [6.07, 6.45) is 2.34. The highest BCUT2D eigenvalue weighted by molar-refractivity contribution is 7.89. The van der Waals surface area contributed by atoms with E-state index in [0.717, 1.165) is 19.5 Å². The zero-order chi connectivity index (χ0) is 15.5. The van der Waals surface area contributed by atoms with Gasteiger partial charge in [0.2, 0.25) is 15.9 Å². The monoisotopic (exact) mass is 311 g/mol. The average Bonchev–Trinajstić information content (AvgIpc) is 2.38. The predicted octanol–water partition coefficient (Wildman–Crippen LogP) is 1.00. The number of likely N-dealkylation sites (tertiary alicyclic amines) is 1. The number of nitrogens with one attached hydrogen (secondary N) is 1. The van der Waals surface area contributed by atoms with Crippen LogP contribution in [0.25, 0.3) is 0 Å². The Hall–Kier alpha value is -1.44. The average molecular weight is 311 g/mol. The second-order valence-corrected chi connectivity index (χ2v) is 7.16. The van der Waals surface area contributed by atoms with Gasteiger partial charge in [-0.15, -0.1) is 0 Å². The van der Waals surface area contributed by atoms with Crippen LogP contribution in [0.1, 0.15) is 19.8 Å². The van der Waals surface area contributed by atoms with Gasteiger partial charge in [0.05, 0.1) is 11.4 Å². The fraction of sp³-hybridized carbons (Fsp3) is 0.500. The van der Waals surface area contributed by atoms with Gasteiger partial charge < -0.3 is 5.32 Å². The quantitative estimate of drug-likeness (QED) is 0.868. The minimum Gasteiger partial charge on any atom is -0.325 e. The van der Waals surface area contributed by atoms with E-state index in [-0.39, 0.29) is 10.8 Å². The summed E-state index contributed by atoms with van der Waals surface area (Å²) in [6.45, 7) is 4.44. The molecule has 116 valence electrons. The summed E-state index contributed by atoms with van der Waals surface area (Å²) in [5.74, 6) is 0.535. The number of anilines is 1. The third-order valence-electron chi connectivity index (χ3n) is 3.57. The van der Waals surface area contributed by atoms with Crippen molar-refractivity contribution >= 4 is 21.6 Å². The number of sulfonamides is 1. The number of nitrogens with two attached hydrogens (primary N) is 1. The molecule has 0 aliphatic carbocycles. The van der Waals surface area contributed by atoms with E-state index in [0.29, 0.717) is 18.2 Å². The van der Waals surface area contributed by atoms with E-state index in [4.69, 9.17) is 5.14 Å². The highest BCUT2D eigenvalue weighted by Gasteiger charge is 2.18. The fourth-order valence-corrected chi connectivity index (χ4v) is 3.08. The second-order valence-electron chi connectivity index (χ2n) is 5.60. The smallest absolute Gasteiger partial charge is 0.238 e. The molecule has 1 aliphatic heterocycles. The lowest BCUT2D eigenvalue weighted by molar-refractivity contribution is -0.117. The van der Waals surface area contributed by atoms with Gasteiger partial charge in [0, 0.05) is 12.2 Å². The van der Waals surface area contributed by atoms with Gasteiger partial charge in [-0.1, -0.05) is 6.92 Å². The lowest BCUT2D eigenvalue weighted by Gasteiger charge is -2.30. The third kappa shape index (κ3) is 4.80. The van der Waals surface area contributed by atoms with Crippen LogP contribution in [0.2, 0.25) is 0 Å². The summed E-state index contributed by atoms with van der Waals surface area (Å²) in [5.41, 5.74) is 0.567. The van der Waals surface area contributed by atoms with E-state index in [1.165, 1.54) is 30.7 Å². The number of carbonyl (C=O) groups excluding carboxylic acids is 1. The summed E-state index contributed by atoms with van der Waals surface area (Å²) in [7, 11) is -3.70. The molecule has 1 aromatic carbocycles. The maximum atomic E-state index is 12.0.